The molecule has 0 radical (unpaired) electrons. The number of rotatable bonds is 2. The van der Waals surface area contributed by atoms with Gasteiger partial charge >= 0.3 is 0 Å². The van der Waals surface area contributed by atoms with Crippen molar-refractivity contribution in [2.75, 3.05) is 31.1 Å². The van der Waals surface area contributed by atoms with Crippen molar-refractivity contribution < 1.29 is 4.79 Å². The van der Waals surface area contributed by atoms with Gasteiger partial charge in [-0.1, -0.05) is 24.6 Å². The zero-order valence-electron chi connectivity index (χ0n) is 14.5. The molecule has 1 saturated heterocycles. The van der Waals surface area contributed by atoms with Crippen molar-refractivity contribution in [1.82, 2.24) is 4.90 Å². The van der Waals surface area contributed by atoms with Gasteiger partial charge in [0.25, 0.3) is 5.91 Å². The molecule has 0 saturated carbocycles. The first-order valence-electron chi connectivity index (χ1n) is 9.01. The lowest BCUT2D eigenvalue weighted by Crippen LogP contribution is -2.49. The Balaban J connectivity index is 1.44. The fourth-order valence-corrected chi connectivity index (χ4v) is 5.29. The second-order valence-corrected chi connectivity index (χ2v) is 8.56. The number of fused-ring (bicyclic) bond motifs is 1. The Bertz CT molecular complexity index is 780. The molecule has 5 heteroatoms. The van der Waals surface area contributed by atoms with Gasteiger partial charge in [0.15, 0.2) is 0 Å². The highest BCUT2D eigenvalue weighted by Gasteiger charge is 2.28. The lowest BCUT2D eigenvalue weighted by atomic mass is 9.88. The number of hydrogen-bond acceptors (Lipinski definition) is 3. The van der Waals surface area contributed by atoms with Gasteiger partial charge in [0.05, 0.1) is 5.56 Å². The third-order valence-corrected chi connectivity index (χ3v) is 6.66. The Kier molecular flexibility index (Phi) is 4.74. The topological polar surface area (TPSA) is 23.6 Å². The quantitative estimate of drug-likeness (QED) is 0.773. The molecule has 1 amide bonds. The molecule has 0 spiro atoms. The first-order valence-corrected chi connectivity index (χ1v) is 10.3. The van der Waals surface area contributed by atoms with E-state index in [1.54, 1.807) is 11.3 Å². The average Bonchev–Trinajstić information content (AvgIpc) is 3.04. The van der Waals surface area contributed by atoms with Crippen molar-refractivity contribution >= 4 is 34.5 Å². The highest BCUT2D eigenvalue weighted by Crippen LogP contribution is 2.33. The van der Waals surface area contributed by atoms with E-state index in [9.17, 15) is 4.79 Å². The van der Waals surface area contributed by atoms with E-state index < -0.39 is 0 Å². The lowest BCUT2D eigenvalue weighted by molar-refractivity contribution is 0.0746. The van der Waals surface area contributed by atoms with Crippen molar-refractivity contribution in [1.29, 1.82) is 0 Å². The molecule has 2 heterocycles. The van der Waals surface area contributed by atoms with Crippen LogP contribution in [0.4, 0.5) is 5.69 Å². The van der Waals surface area contributed by atoms with E-state index in [0.717, 1.165) is 61.2 Å². The number of benzene rings is 1. The summed E-state index contributed by atoms with van der Waals surface area (Å²) in [6.45, 7) is 5.56. The molecule has 1 fully saturated rings. The first kappa shape index (κ1) is 16.9. The van der Waals surface area contributed by atoms with Crippen molar-refractivity contribution in [3.63, 3.8) is 0 Å². The SMILES string of the molecule is CC1CCc2c(C(=O)N3CCN(c4cccc(Cl)c4)CC3)csc2C1. The third-order valence-electron chi connectivity index (χ3n) is 5.37. The number of amides is 1. The number of thiophene rings is 1. The maximum atomic E-state index is 13.0. The van der Waals surface area contributed by atoms with Crippen LogP contribution < -0.4 is 4.90 Å². The molecule has 3 nitrogen and oxygen atoms in total. The summed E-state index contributed by atoms with van der Waals surface area (Å²) in [7, 11) is 0. The van der Waals surface area contributed by atoms with E-state index in [1.165, 1.54) is 16.9 Å². The summed E-state index contributed by atoms with van der Waals surface area (Å²) < 4.78 is 0. The number of halogens is 1. The molecule has 0 bridgehead atoms. The predicted octanol–water partition coefficient (Wildman–Crippen LogP) is 4.49. The summed E-state index contributed by atoms with van der Waals surface area (Å²) in [6, 6.07) is 7.95. The van der Waals surface area contributed by atoms with Crippen LogP contribution in [0.5, 0.6) is 0 Å². The molecule has 1 aromatic heterocycles. The highest BCUT2D eigenvalue weighted by molar-refractivity contribution is 7.10. The van der Waals surface area contributed by atoms with Crippen LogP contribution >= 0.6 is 22.9 Å². The second-order valence-electron chi connectivity index (χ2n) is 7.16. The van der Waals surface area contributed by atoms with E-state index in [4.69, 9.17) is 11.6 Å². The highest BCUT2D eigenvalue weighted by atomic mass is 35.5. The van der Waals surface area contributed by atoms with Crippen LogP contribution in [0.1, 0.15) is 34.1 Å². The maximum Gasteiger partial charge on any atom is 0.255 e. The molecule has 25 heavy (non-hydrogen) atoms. The van der Waals surface area contributed by atoms with Gasteiger partial charge in [-0.15, -0.1) is 11.3 Å². The van der Waals surface area contributed by atoms with Crippen LogP contribution in [-0.4, -0.2) is 37.0 Å². The first-order chi connectivity index (χ1) is 12.1. The molecule has 1 atom stereocenters. The Hall–Kier alpha value is -1.52. The van der Waals surface area contributed by atoms with Gasteiger partial charge in [-0.25, -0.2) is 0 Å². The Labute approximate surface area is 158 Å². The van der Waals surface area contributed by atoms with Crippen LogP contribution in [0.15, 0.2) is 29.6 Å². The third kappa shape index (κ3) is 3.42. The molecule has 1 aliphatic carbocycles. The summed E-state index contributed by atoms with van der Waals surface area (Å²) in [6.07, 6.45) is 3.39. The number of carbonyl (C=O) groups excluding carboxylic acids is 1. The maximum absolute atomic E-state index is 13.0. The molecule has 1 unspecified atom stereocenters. The summed E-state index contributed by atoms with van der Waals surface area (Å²) in [4.78, 5) is 18.8. The minimum atomic E-state index is 0.220. The monoisotopic (exact) mass is 374 g/mol. The minimum Gasteiger partial charge on any atom is -0.368 e. The summed E-state index contributed by atoms with van der Waals surface area (Å²) in [5, 5.41) is 2.85. The smallest absolute Gasteiger partial charge is 0.255 e. The number of hydrogen-bond donors (Lipinski definition) is 0. The molecule has 4 rings (SSSR count). The molecule has 1 aliphatic heterocycles. The average molecular weight is 375 g/mol. The van der Waals surface area contributed by atoms with Crippen molar-refractivity contribution in [2.45, 2.75) is 26.2 Å². The van der Waals surface area contributed by atoms with Gasteiger partial charge in [-0.2, -0.15) is 0 Å². The molecule has 2 aliphatic rings. The fourth-order valence-electron chi connectivity index (χ4n) is 3.87. The fraction of sp³-hybridized carbons (Fsp3) is 0.450. The van der Waals surface area contributed by atoms with Crippen LogP contribution in [0.2, 0.25) is 5.02 Å². The summed E-state index contributed by atoms with van der Waals surface area (Å²) >= 11 is 7.87. The number of carbonyl (C=O) groups is 1. The van der Waals surface area contributed by atoms with Crippen molar-refractivity contribution in [2.24, 2.45) is 5.92 Å². The predicted molar refractivity (Wildman–Crippen MR) is 105 cm³/mol. The normalized spacial score (nSPS) is 20.5. The minimum absolute atomic E-state index is 0.220. The van der Waals surface area contributed by atoms with E-state index in [1.807, 2.05) is 23.1 Å². The molecular formula is C20H23ClN2OS. The number of piperazine rings is 1. The zero-order chi connectivity index (χ0) is 17.4. The van der Waals surface area contributed by atoms with E-state index >= 15 is 0 Å². The Morgan fingerprint density at radius 3 is 2.80 bits per heavy atom. The lowest BCUT2D eigenvalue weighted by Gasteiger charge is -2.36. The van der Waals surface area contributed by atoms with Gasteiger partial charge in [-0.05, 0) is 48.9 Å². The summed E-state index contributed by atoms with van der Waals surface area (Å²) in [5.74, 6) is 0.966. The van der Waals surface area contributed by atoms with Crippen LogP contribution in [-0.2, 0) is 12.8 Å². The van der Waals surface area contributed by atoms with E-state index in [-0.39, 0.29) is 5.91 Å². The largest absolute Gasteiger partial charge is 0.368 e. The zero-order valence-corrected chi connectivity index (χ0v) is 16.1. The van der Waals surface area contributed by atoms with Gasteiger partial charge in [-0.3, -0.25) is 4.79 Å². The number of anilines is 1. The number of nitrogens with zero attached hydrogens (tertiary/aromatic N) is 2. The van der Waals surface area contributed by atoms with Gasteiger partial charge in [0.2, 0.25) is 0 Å². The summed E-state index contributed by atoms with van der Waals surface area (Å²) in [5.41, 5.74) is 3.43. The van der Waals surface area contributed by atoms with Gasteiger partial charge in [0.1, 0.15) is 0 Å². The standard InChI is InChI=1S/C20H23ClN2OS/c1-14-5-6-17-18(13-25-19(17)11-14)20(24)23-9-7-22(8-10-23)16-4-2-3-15(21)12-16/h2-4,12-14H,5-11H2,1H3. The van der Waals surface area contributed by atoms with Crippen LogP contribution in [0.3, 0.4) is 0 Å². The molecule has 132 valence electrons. The molecule has 2 aromatic rings. The van der Waals surface area contributed by atoms with E-state index in [0.29, 0.717) is 0 Å². The molecular weight excluding hydrogens is 352 g/mol. The van der Waals surface area contributed by atoms with Crippen LogP contribution in [0.25, 0.3) is 0 Å². The van der Waals surface area contributed by atoms with Crippen molar-refractivity contribution in [3.8, 4) is 0 Å². The Morgan fingerprint density at radius 1 is 1.24 bits per heavy atom. The molecule has 0 N–H and O–H groups in total. The second kappa shape index (κ2) is 7.00. The molecule has 1 aromatic carbocycles. The van der Waals surface area contributed by atoms with E-state index in [2.05, 4.69) is 23.3 Å². The van der Waals surface area contributed by atoms with Gasteiger partial charge < -0.3 is 9.80 Å². The van der Waals surface area contributed by atoms with Gasteiger partial charge in [0, 0.05) is 47.1 Å². The van der Waals surface area contributed by atoms with Crippen molar-refractivity contribution in [3.05, 3.63) is 50.7 Å². The Morgan fingerprint density at radius 2 is 2.04 bits per heavy atom. The van der Waals surface area contributed by atoms with Crippen LogP contribution in [0, 0.1) is 5.92 Å².